The van der Waals surface area contributed by atoms with E-state index in [2.05, 4.69) is 20.4 Å². The summed E-state index contributed by atoms with van der Waals surface area (Å²) in [5.41, 5.74) is 0.853. The molecular formula is C21H16F2N6O2. The summed E-state index contributed by atoms with van der Waals surface area (Å²) >= 11 is 0. The highest BCUT2D eigenvalue weighted by Crippen LogP contribution is 2.10. The van der Waals surface area contributed by atoms with Crippen molar-refractivity contribution in [2.24, 2.45) is 0 Å². The largest absolute Gasteiger partial charge is 0.351 e. The third kappa shape index (κ3) is 4.53. The summed E-state index contributed by atoms with van der Waals surface area (Å²) in [6.45, 7) is 0.205. The van der Waals surface area contributed by atoms with Gasteiger partial charge in [0.05, 0.1) is 18.8 Å². The van der Waals surface area contributed by atoms with E-state index in [-0.39, 0.29) is 24.8 Å². The Morgan fingerprint density at radius 1 is 1.00 bits per heavy atom. The van der Waals surface area contributed by atoms with Gasteiger partial charge in [-0.2, -0.15) is 5.10 Å². The summed E-state index contributed by atoms with van der Waals surface area (Å²) < 4.78 is 28.7. The number of halogens is 2. The smallest absolute Gasteiger partial charge is 0.346 e. The van der Waals surface area contributed by atoms with Gasteiger partial charge in [0.25, 0.3) is 5.91 Å². The number of carbonyl (C=O) groups excluding carboxylic acids is 1. The third-order valence-electron chi connectivity index (χ3n) is 4.46. The molecule has 3 aromatic heterocycles. The summed E-state index contributed by atoms with van der Waals surface area (Å²) in [6.07, 6.45) is 4.29. The summed E-state index contributed by atoms with van der Waals surface area (Å²) in [5, 5.41) is 6.74. The Kier molecular flexibility index (Phi) is 5.61. The van der Waals surface area contributed by atoms with Crippen molar-refractivity contribution in [2.75, 3.05) is 0 Å². The van der Waals surface area contributed by atoms with Crippen molar-refractivity contribution in [3.63, 3.8) is 0 Å². The van der Waals surface area contributed by atoms with Gasteiger partial charge in [-0.15, -0.1) is 0 Å². The van der Waals surface area contributed by atoms with Crippen molar-refractivity contribution in [2.45, 2.75) is 13.1 Å². The Bertz CT molecular complexity index is 1290. The highest BCUT2D eigenvalue weighted by molar-refractivity contribution is 5.94. The number of hydrogen-bond donors (Lipinski definition) is 1. The van der Waals surface area contributed by atoms with Crippen LogP contribution in [0.2, 0.25) is 0 Å². The quantitative estimate of drug-likeness (QED) is 0.514. The first-order valence-corrected chi connectivity index (χ1v) is 9.24. The van der Waals surface area contributed by atoms with Gasteiger partial charge in [0.1, 0.15) is 12.1 Å². The number of nitrogens with zero attached hydrogens (tertiary/aromatic N) is 5. The van der Waals surface area contributed by atoms with E-state index in [1.54, 1.807) is 18.3 Å². The van der Waals surface area contributed by atoms with E-state index >= 15 is 0 Å². The van der Waals surface area contributed by atoms with Crippen molar-refractivity contribution in [1.29, 1.82) is 0 Å². The van der Waals surface area contributed by atoms with Gasteiger partial charge in [0, 0.05) is 18.0 Å². The van der Waals surface area contributed by atoms with E-state index in [9.17, 15) is 18.4 Å². The number of nitrogens with one attached hydrogen (secondary N) is 1. The fourth-order valence-corrected chi connectivity index (χ4v) is 2.88. The van der Waals surface area contributed by atoms with Crippen molar-refractivity contribution < 1.29 is 13.6 Å². The van der Waals surface area contributed by atoms with Crippen LogP contribution < -0.4 is 11.0 Å². The molecule has 4 aromatic rings. The summed E-state index contributed by atoms with van der Waals surface area (Å²) in [6, 6.07) is 11.7. The molecule has 0 saturated heterocycles. The average molecular weight is 422 g/mol. The SMILES string of the molecule is O=C(NCc1ccccn1)c1ccnc(-n2cnn(Cc3ccc(F)c(F)c3)c2=O)c1. The average Bonchev–Trinajstić information content (AvgIpc) is 3.15. The number of aromatic nitrogens is 5. The molecule has 0 radical (unpaired) electrons. The second-order valence-corrected chi connectivity index (χ2v) is 6.60. The zero-order valence-electron chi connectivity index (χ0n) is 16.1. The molecule has 1 aromatic carbocycles. The van der Waals surface area contributed by atoms with Crippen LogP contribution in [-0.4, -0.2) is 30.2 Å². The number of amides is 1. The second kappa shape index (κ2) is 8.66. The molecule has 31 heavy (non-hydrogen) atoms. The first-order chi connectivity index (χ1) is 15.0. The van der Waals surface area contributed by atoms with Gasteiger partial charge in [-0.25, -0.2) is 27.8 Å². The van der Waals surface area contributed by atoms with Gasteiger partial charge in [0.2, 0.25) is 0 Å². The fraction of sp³-hybridized carbons (Fsp3) is 0.0952. The van der Waals surface area contributed by atoms with Gasteiger partial charge in [-0.05, 0) is 42.0 Å². The molecule has 1 N–H and O–H groups in total. The van der Waals surface area contributed by atoms with Crippen LogP contribution in [-0.2, 0) is 13.1 Å². The lowest BCUT2D eigenvalue weighted by atomic mass is 10.2. The molecule has 0 aliphatic rings. The Balaban J connectivity index is 1.52. The summed E-state index contributed by atoms with van der Waals surface area (Å²) in [5.74, 6) is -2.12. The summed E-state index contributed by atoms with van der Waals surface area (Å²) in [7, 11) is 0. The summed E-state index contributed by atoms with van der Waals surface area (Å²) in [4.78, 5) is 33.4. The molecular weight excluding hydrogens is 406 g/mol. The molecule has 1 amide bonds. The van der Waals surface area contributed by atoms with Crippen molar-refractivity contribution in [3.05, 3.63) is 106 Å². The molecule has 156 valence electrons. The van der Waals surface area contributed by atoms with Gasteiger partial charge in [0.15, 0.2) is 11.6 Å². The van der Waals surface area contributed by atoms with Crippen LogP contribution in [0.15, 0.2) is 72.0 Å². The molecule has 0 fully saturated rings. The number of rotatable bonds is 6. The van der Waals surface area contributed by atoms with Crippen LogP contribution in [0.5, 0.6) is 0 Å². The molecule has 0 unspecified atom stereocenters. The number of benzene rings is 1. The van der Waals surface area contributed by atoms with Gasteiger partial charge in [-0.1, -0.05) is 12.1 Å². The lowest BCUT2D eigenvalue weighted by molar-refractivity contribution is 0.0950. The highest BCUT2D eigenvalue weighted by Gasteiger charge is 2.13. The monoisotopic (exact) mass is 422 g/mol. The molecule has 8 nitrogen and oxygen atoms in total. The Morgan fingerprint density at radius 2 is 1.87 bits per heavy atom. The standard InChI is InChI=1S/C21H16F2N6O2/c22-17-5-4-14(9-18(17)23)12-29-21(31)28(13-27-29)19-10-15(6-8-25-19)20(30)26-11-16-3-1-2-7-24-16/h1-10,13H,11-12H2,(H,26,30). The molecule has 0 aliphatic heterocycles. The molecule has 0 bridgehead atoms. The van der Waals surface area contributed by atoms with Crippen molar-refractivity contribution >= 4 is 5.91 Å². The normalized spacial score (nSPS) is 10.8. The van der Waals surface area contributed by atoms with E-state index in [0.717, 1.165) is 21.4 Å². The Labute approximate surface area is 174 Å². The van der Waals surface area contributed by atoms with E-state index in [0.29, 0.717) is 16.8 Å². The molecule has 0 atom stereocenters. The van der Waals surface area contributed by atoms with Crippen LogP contribution in [0.3, 0.4) is 0 Å². The van der Waals surface area contributed by atoms with Gasteiger partial charge >= 0.3 is 5.69 Å². The van der Waals surface area contributed by atoms with E-state index in [4.69, 9.17) is 0 Å². The van der Waals surface area contributed by atoms with Crippen LogP contribution in [0.25, 0.3) is 5.82 Å². The van der Waals surface area contributed by atoms with Gasteiger partial charge < -0.3 is 5.32 Å². The minimum Gasteiger partial charge on any atom is -0.346 e. The van der Waals surface area contributed by atoms with Gasteiger partial charge in [-0.3, -0.25) is 9.78 Å². The molecule has 0 spiro atoms. The highest BCUT2D eigenvalue weighted by atomic mass is 19.2. The minimum absolute atomic E-state index is 0.0483. The fourth-order valence-electron chi connectivity index (χ4n) is 2.88. The Morgan fingerprint density at radius 3 is 2.65 bits per heavy atom. The maximum atomic E-state index is 13.4. The lowest BCUT2D eigenvalue weighted by Crippen LogP contribution is -2.26. The molecule has 10 heteroatoms. The molecule has 4 rings (SSSR count). The predicted octanol–water partition coefficient (Wildman–Crippen LogP) is 2.08. The second-order valence-electron chi connectivity index (χ2n) is 6.60. The van der Waals surface area contributed by atoms with Crippen LogP contribution in [0.1, 0.15) is 21.6 Å². The van der Waals surface area contributed by atoms with E-state index in [1.807, 2.05) is 6.07 Å². The minimum atomic E-state index is -1.00. The first-order valence-electron chi connectivity index (χ1n) is 9.24. The van der Waals surface area contributed by atoms with E-state index < -0.39 is 17.3 Å². The first kappa shape index (κ1) is 20.1. The van der Waals surface area contributed by atoms with E-state index in [1.165, 1.54) is 30.7 Å². The topological polar surface area (TPSA) is 94.7 Å². The number of carbonyl (C=O) groups is 1. The Hall–Kier alpha value is -4.21. The molecule has 0 saturated carbocycles. The van der Waals surface area contributed by atoms with Crippen LogP contribution in [0, 0.1) is 11.6 Å². The predicted molar refractivity (Wildman–Crippen MR) is 106 cm³/mol. The zero-order valence-corrected chi connectivity index (χ0v) is 16.1. The molecule has 0 aliphatic carbocycles. The van der Waals surface area contributed by atoms with Crippen molar-refractivity contribution in [1.82, 2.24) is 29.6 Å². The number of pyridine rings is 2. The maximum Gasteiger partial charge on any atom is 0.351 e. The number of hydrogen-bond acceptors (Lipinski definition) is 5. The molecule has 3 heterocycles. The van der Waals surface area contributed by atoms with Crippen LogP contribution >= 0.6 is 0 Å². The zero-order chi connectivity index (χ0) is 21.8. The third-order valence-corrected chi connectivity index (χ3v) is 4.46. The lowest BCUT2D eigenvalue weighted by Gasteiger charge is -2.06. The maximum absolute atomic E-state index is 13.4. The van der Waals surface area contributed by atoms with Crippen molar-refractivity contribution in [3.8, 4) is 5.82 Å². The van der Waals surface area contributed by atoms with Crippen LogP contribution in [0.4, 0.5) is 8.78 Å².